The van der Waals surface area contributed by atoms with Crippen LogP contribution >= 0.6 is 0 Å². The van der Waals surface area contributed by atoms with Gasteiger partial charge in [-0.1, -0.05) is 6.07 Å². The van der Waals surface area contributed by atoms with Gasteiger partial charge in [0.15, 0.2) is 20.6 Å². The molecule has 0 saturated heterocycles. The van der Waals surface area contributed by atoms with E-state index in [4.69, 9.17) is 4.74 Å². The molecule has 2 rings (SSSR count). The fourth-order valence-electron chi connectivity index (χ4n) is 2.02. The molecule has 0 unspecified atom stereocenters. The number of aromatic nitrogens is 1. The Bertz CT molecular complexity index is 770. The highest BCUT2D eigenvalue weighted by molar-refractivity contribution is 7.90. The number of hydrogen-bond donors (Lipinski definition) is 0. The van der Waals surface area contributed by atoms with Crippen LogP contribution in [0.3, 0.4) is 0 Å². The summed E-state index contributed by atoms with van der Waals surface area (Å²) in [7, 11) is -3.60. The molecule has 0 N–H and O–H groups in total. The van der Waals surface area contributed by atoms with Gasteiger partial charge >= 0.3 is 0 Å². The lowest BCUT2D eigenvalue weighted by atomic mass is 10.1. The zero-order valence-corrected chi connectivity index (χ0v) is 13.3. The smallest absolute Gasteiger partial charge is 0.199 e. The SMILES string of the molecule is CCOc1ccc(C(C)=O)cc1CS(=O)(=O)c1ccccn1. The first-order valence-electron chi connectivity index (χ1n) is 6.84. The molecule has 22 heavy (non-hydrogen) atoms. The van der Waals surface area contributed by atoms with Gasteiger partial charge in [-0.3, -0.25) is 4.79 Å². The topological polar surface area (TPSA) is 73.3 Å². The second-order valence-corrected chi connectivity index (χ2v) is 6.68. The first-order valence-corrected chi connectivity index (χ1v) is 8.49. The highest BCUT2D eigenvalue weighted by atomic mass is 32.2. The molecule has 116 valence electrons. The van der Waals surface area contributed by atoms with E-state index in [9.17, 15) is 13.2 Å². The summed E-state index contributed by atoms with van der Waals surface area (Å²) in [6.45, 7) is 3.67. The maximum absolute atomic E-state index is 12.4. The molecule has 5 nitrogen and oxygen atoms in total. The minimum Gasteiger partial charge on any atom is -0.494 e. The number of pyridine rings is 1. The quantitative estimate of drug-likeness (QED) is 0.765. The number of rotatable bonds is 6. The molecule has 1 heterocycles. The largest absolute Gasteiger partial charge is 0.494 e. The van der Waals surface area contributed by atoms with E-state index in [1.54, 1.807) is 30.3 Å². The van der Waals surface area contributed by atoms with Crippen molar-refractivity contribution in [2.45, 2.75) is 24.6 Å². The lowest BCUT2D eigenvalue weighted by Gasteiger charge is -2.11. The summed E-state index contributed by atoms with van der Waals surface area (Å²) in [4.78, 5) is 15.4. The van der Waals surface area contributed by atoms with Gasteiger partial charge in [0.1, 0.15) is 5.75 Å². The van der Waals surface area contributed by atoms with Gasteiger partial charge in [0.2, 0.25) is 0 Å². The summed E-state index contributed by atoms with van der Waals surface area (Å²) in [6.07, 6.45) is 1.43. The minimum atomic E-state index is -3.60. The molecule has 2 aromatic rings. The van der Waals surface area contributed by atoms with Gasteiger partial charge in [0.05, 0.1) is 12.4 Å². The molecule has 6 heteroatoms. The van der Waals surface area contributed by atoms with Crippen LogP contribution in [0, 0.1) is 0 Å². The second-order valence-electron chi connectivity index (χ2n) is 4.74. The maximum atomic E-state index is 12.4. The third-order valence-corrected chi connectivity index (χ3v) is 4.64. The molecule has 1 aromatic heterocycles. The molecule has 0 aliphatic heterocycles. The Balaban J connectivity index is 2.42. The van der Waals surface area contributed by atoms with Crippen LogP contribution < -0.4 is 4.74 Å². The van der Waals surface area contributed by atoms with E-state index < -0.39 is 9.84 Å². The number of sulfone groups is 1. The van der Waals surface area contributed by atoms with Crippen molar-refractivity contribution in [3.8, 4) is 5.75 Å². The highest BCUT2D eigenvalue weighted by Gasteiger charge is 2.20. The molecule has 0 bridgehead atoms. The molecular weight excluding hydrogens is 302 g/mol. The molecule has 0 amide bonds. The number of benzene rings is 1. The molecule has 0 fully saturated rings. The molecule has 0 radical (unpaired) electrons. The van der Waals surface area contributed by atoms with Gasteiger partial charge < -0.3 is 4.74 Å². The van der Waals surface area contributed by atoms with Crippen LogP contribution in [0.5, 0.6) is 5.75 Å². The van der Waals surface area contributed by atoms with Crippen LogP contribution in [0.2, 0.25) is 0 Å². The number of carbonyl (C=O) groups excluding carboxylic acids is 1. The Hall–Kier alpha value is -2.21. The van der Waals surface area contributed by atoms with Crippen LogP contribution in [0.25, 0.3) is 0 Å². The predicted octanol–water partition coefficient (Wildman–Crippen LogP) is 2.66. The predicted molar refractivity (Wildman–Crippen MR) is 82.7 cm³/mol. The van der Waals surface area contributed by atoms with Crippen molar-refractivity contribution in [1.82, 2.24) is 4.98 Å². The average molecular weight is 319 g/mol. The Kier molecular flexibility index (Phi) is 4.92. The number of carbonyl (C=O) groups is 1. The monoisotopic (exact) mass is 319 g/mol. The van der Waals surface area contributed by atoms with E-state index in [0.29, 0.717) is 23.5 Å². The van der Waals surface area contributed by atoms with Gasteiger partial charge in [0.25, 0.3) is 0 Å². The summed E-state index contributed by atoms with van der Waals surface area (Å²) < 4.78 is 30.3. The van der Waals surface area contributed by atoms with Crippen LogP contribution in [0.1, 0.15) is 29.8 Å². The standard InChI is InChI=1S/C16H17NO4S/c1-3-21-15-8-7-13(12(2)18)10-14(15)11-22(19,20)16-6-4-5-9-17-16/h4-10H,3,11H2,1-2H3. The number of ether oxygens (including phenoxy) is 1. The maximum Gasteiger partial charge on any atom is 0.199 e. The molecule has 0 spiro atoms. The summed E-state index contributed by atoms with van der Waals surface area (Å²) in [5.74, 6) is 0.0760. The van der Waals surface area contributed by atoms with Crippen molar-refractivity contribution in [3.05, 3.63) is 53.7 Å². The highest BCUT2D eigenvalue weighted by Crippen LogP contribution is 2.25. The van der Waals surface area contributed by atoms with E-state index in [2.05, 4.69) is 4.98 Å². The number of hydrogen-bond acceptors (Lipinski definition) is 5. The van der Waals surface area contributed by atoms with Crippen molar-refractivity contribution in [2.24, 2.45) is 0 Å². The first-order chi connectivity index (χ1) is 10.4. The van der Waals surface area contributed by atoms with Crippen LogP contribution in [0.15, 0.2) is 47.6 Å². The zero-order chi connectivity index (χ0) is 16.2. The second kappa shape index (κ2) is 6.70. The van der Waals surface area contributed by atoms with Gasteiger partial charge in [0, 0.05) is 17.3 Å². The molecule has 0 aliphatic rings. The Labute approximate surface area is 129 Å². The van der Waals surface area contributed by atoms with E-state index >= 15 is 0 Å². The summed E-state index contributed by atoms with van der Waals surface area (Å²) >= 11 is 0. The van der Waals surface area contributed by atoms with E-state index in [0.717, 1.165) is 0 Å². The van der Waals surface area contributed by atoms with Crippen LogP contribution in [0.4, 0.5) is 0 Å². The third-order valence-electron chi connectivity index (χ3n) is 3.07. The van der Waals surface area contributed by atoms with Crippen molar-refractivity contribution >= 4 is 15.6 Å². The normalized spacial score (nSPS) is 11.2. The van der Waals surface area contributed by atoms with Crippen molar-refractivity contribution < 1.29 is 17.9 Å². The van der Waals surface area contributed by atoms with Crippen molar-refractivity contribution in [1.29, 1.82) is 0 Å². The fourth-order valence-corrected chi connectivity index (χ4v) is 3.31. The Morgan fingerprint density at radius 2 is 2.00 bits per heavy atom. The van der Waals surface area contributed by atoms with Crippen LogP contribution in [-0.2, 0) is 15.6 Å². The summed E-state index contributed by atoms with van der Waals surface area (Å²) in [6, 6.07) is 9.54. The molecule has 0 aliphatic carbocycles. The lowest BCUT2D eigenvalue weighted by Crippen LogP contribution is -2.09. The molecule has 0 atom stereocenters. The van der Waals surface area contributed by atoms with E-state index in [1.165, 1.54) is 19.2 Å². The van der Waals surface area contributed by atoms with Crippen molar-refractivity contribution in [3.63, 3.8) is 0 Å². The summed E-state index contributed by atoms with van der Waals surface area (Å²) in [5.41, 5.74) is 0.912. The van der Waals surface area contributed by atoms with E-state index in [1.807, 2.05) is 6.92 Å². The summed E-state index contributed by atoms with van der Waals surface area (Å²) in [5, 5.41) is 0.00526. The van der Waals surface area contributed by atoms with E-state index in [-0.39, 0.29) is 16.6 Å². The van der Waals surface area contributed by atoms with Crippen LogP contribution in [-0.4, -0.2) is 25.8 Å². The average Bonchev–Trinajstić information content (AvgIpc) is 2.49. The molecule has 1 aromatic carbocycles. The Morgan fingerprint density at radius 3 is 2.59 bits per heavy atom. The number of Topliss-reactive ketones (excluding diaryl/α,β-unsaturated/α-hetero) is 1. The van der Waals surface area contributed by atoms with Gasteiger partial charge in [-0.15, -0.1) is 0 Å². The van der Waals surface area contributed by atoms with Gasteiger partial charge in [-0.05, 0) is 44.2 Å². The lowest BCUT2D eigenvalue weighted by molar-refractivity contribution is 0.101. The fraction of sp³-hybridized carbons (Fsp3) is 0.250. The Morgan fingerprint density at radius 1 is 1.23 bits per heavy atom. The minimum absolute atomic E-state index is 0.00526. The molecular formula is C16H17NO4S. The molecule has 0 saturated carbocycles. The van der Waals surface area contributed by atoms with Crippen molar-refractivity contribution in [2.75, 3.05) is 6.61 Å². The zero-order valence-electron chi connectivity index (χ0n) is 12.4. The van der Waals surface area contributed by atoms with Gasteiger partial charge in [-0.25, -0.2) is 13.4 Å². The number of ketones is 1. The number of nitrogens with zero attached hydrogens (tertiary/aromatic N) is 1. The first kappa shape index (κ1) is 16.2. The van der Waals surface area contributed by atoms with Gasteiger partial charge in [-0.2, -0.15) is 0 Å². The third kappa shape index (κ3) is 3.71.